The number of hydrogen-bond acceptors (Lipinski definition) is 7. The molecule has 182 valence electrons. The molecule has 1 aromatic carbocycles. The highest BCUT2D eigenvalue weighted by molar-refractivity contribution is 7.18. The number of aromatic amines is 1. The van der Waals surface area contributed by atoms with Crippen LogP contribution >= 0.6 is 35.1 Å². The first-order valence-electron chi connectivity index (χ1n) is 11.0. The Morgan fingerprint density at radius 3 is 2.74 bits per heavy atom. The van der Waals surface area contributed by atoms with Gasteiger partial charge < -0.3 is 14.6 Å². The van der Waals surface area contributed by atoms with Gasteiger partial charge in [-0.2, -0.15) is 0 Å². The van der Waals surface area contributed by atoms with Gasteiger partial charge in [0, 0.05) is 48.1 Å². The molecule has 1 N–H and O–H groups in total. The number of carbonyl (C=O) groups is 1. The number of fused-ring (bicyclic) bond motifs is 1. The predicted molar refractivity (Wildman–Crippen MR) is 145 cm³/mol. The number of ether oxygens (including phenoxy) is 1. The summed E-state index contributed by atoms with van der Waals surface area (Å²) in [5.74, 6) is 1.42. The number of amides is 1. The van der Waals surface area contributed by atoms with Crippen LogP contribution in [0.4, 0.5) is 0 Å². The largest absolute Gasteiger partial charge is 0.497 e. The van der Waals surface area contributed by atoms with E-state index >= 15 is 0 Å². The van der Waals surface area contributed by atoms with Gasteiger partial charge in [-0.1, -0.05) is 18.2 Å². The highest BCUT2D eigenvalue weighted by Gasteiger charge is 2.21. The van der Waals surface area contributed by atoms with E-state index in [4.69, 9.17) is 9.72 Å². The zero-order chi connectivity index (χ0) is 23.5. The minimum Gasteiger partial charge on any atom is -0.497 e. The lowest BCUT2D eigenvalue weighted by molar-refractivity contribution is -0.127. The monoisotopic (exact) mass is 528 g/mol. The van der Waals surface area contributed by atoms with Gasteiger partial charge in [-0.05, 0) is 35.2 Å². The van der Waals surface area contributed by atoms with E-state index in [1.807, 2.05) is 58.1 Å². The summed E-state index contributed by atoms with van der Waals surface area (Å²) in [5, 5.41) is 4.68. The Kier molecular flexibility index (Phi) is 8.02. The SMILES string of the molecule is COc1cccc(C=CC(=O)N2CCN(Cc3nc4scc(-c5cccs5)c4c(=O)[nH]3)CC2)c1.Cl. The van der Waals surface area contributed by atoms with E-state index in [-0.39, 0.29) is 23.9 Å². The predicted octanol–water partition coefficient (Wildman–Crippen LogP) is 4.50. The smallest absolute Gasteiger partial charge is 0.260 e. The molecule has 4 aromatic rings. The van der Waals surface area contributed by atoms with Crippen LogP contribution in [0.15, 0.2) is 58.0 Å². The summed E-state index contributed by atoms with van der Waals surface area (Å²) in [5.41, 5.74) is 1.78. The van der Waals surface area contributed by atoms with Crippen molar-refractivity contribution in [3.05, 3.63) is 75.0 Å². The summed E-state index contributed by atoms with van der Waals surface area (Å²) in [4.78, 5) is 39.0. The van der Waals surface area contributed by atoms with Gasteiger partial charge in [0.2, 0.25) is 5.91 Å². The molecule has 35 heavy (non-hydrogen) atoms. The maximum absolute atomic E-state index is 12.8. The fourth-order valence-corrected chi connectivity index (χ4v) is 5.82. The molecule has 0 radical (unpaired) electrons. The quantitative estimate of drug-likeness (QED) is 0.373. The van der Waals surface area contributed by atoms with Crippen LogP contribution < -0.4 is 10.3 Å². The Bertz CT molecular complexity index is 1390. The normalized spacial score (nSPS) is 14.4. The number of H-pyrrole nitrogens is 1. The number of carbonyl (C=O) groups excluding carboxylic acids is 1. The number of methoxy groups -OCH3 is 1. The standard InChI is InChI=1S/C25H24N4O3S2.ClH/c1-32-18-5-2-4-17(14-18)7-8-22(30)29-11-9-28(10-12-29)15-21-26-24(31)23-19(16-34-25(23)27-21)20-6-3-13-33-20;/h2-8,13-14,16H,9-12,15H2,1H3,(H,26,27,31);1H. The van der Waals surface area contributed by atoms with Crippen LogP contribution in [0.2, 0.25) is 0 Å². The summed E-state index contributed by atoms with van der Waals surface area (Å²) in [6.07, 6.45) is 3.42. The maximum atomic E-state index is 12.8. The Balaban J connectivity index is 0.00000289. The molecule has 1 aliphatic heterocycles. The lowest BCUT2D eigenvalue weighted by Gasteiger charge is -2.33. The van der Waals surface area contributed by atoms with E-state index in [9.17, 15) is 9.59 Å². The second-order valence-electron chi connectivity index (χ2n) is 8.03. The lowest BCUT2D eigenvalue weighted by Crippen LogP contribution is -2.48. The molecule has 7 nitrogen and oxygen atoms in total. The van der Waals surface area contributed by atoms with Gasteiger partial charge in [0.05, 0.1) is 19.0 Å². The van der Waals surface area contributed by atoms with Crippen LogP contribution in [-0.2, 0) is 11.3 Å². The van der Waals surface area contributed by atoms with Crippen LogP contribution in [0.1, 0.15) is 11.4 Å². The van der Waals surface area contributed by atoms with Crippen molar-refractivity contribution >= 4 is 57.3 Å². The summed E-state index contributed by atoms with van der Waals surface area (Å²) in [6, 6.07) is 11.6. The number of nitrogens with one attached hydrogen (secondary N) is 1. The number of halogens is 1. The molecule has 0 saturated carbocycles. The van der Waals surface area contributed by atoms with Crippen molar-refractivity contribution < 1.29 is 9.53 Å². The van der Waals surface area contributed by atoms with Gasteiger partial charge in [-0.25, -0.2) is 4.98 Å². The Hall–Kier alpha value is -2.98. The van der Waals surface area contributed by atoms with Crippen molar-refractivity contribution in [3.8, 4) is 16.2 Å². The van der Waals surface area contributed by atoms with Crippen LogP contribution in [-0.4, -0.2) is 59.0 Å². The third kappa shape index (κ3) is 5.65. The first-order valence-corrected chi connectivity index (χ1v) is 12.7. The molecule has 0 unspecified atom stereocenters. The van der Waals surface area contributed by atoms with E-state index < -0.39 is 0 Å². The first kappa shape index (κ1) is 25.1. The molecule has 1 fully saturated rings. The summed E-state index contributed by atoms with van der Waals surface area (Å²) >= 11 is 3.12. The van der Waals surface area contributed by atoms with E-state index in [1.54, 1.807) is 24.5 Å². The zero-order valence-corrected chi connectivity index (χ0v) is 21.5. The summed E-state index contributed by atoms with van der Waals surface area (Å²) < 4.78 is 5.23. The highest BCUT2D eigenvalue weighted by Crippen LogP contribution is 2.33. The second kappa shape index (κ2) is 11.2. The Labute approximate surface area is 217 Å². The average Bonchev–Trinajstić information content (AvgIpc) is 3.53. The highest BCUT2D eigenvalue weighted by atomic mass is 35.5. The second-order valence-corrected chi connectivity index (χ2v) is 9.84. The molecule has 1 amide bonds. The third-order valence-corrected chi connectivity index (χ3v) is 7.62. The van der Waals surface area contributed by atoms with Crippen LogP contribution in [0.25, 0.3) is 26.7 Å². The number of aromatic nitrogens is 2. The molecular formula is C25H25ClN4O3S2. The van der Waals surface area contributed by atoms with Crippen molar-refractivity contribution in [3.63, 3.8) is 0 Å². The summed E-state index contributed by atoms with van der Waals surface area (Å²) in [7, 11) is 1.62. The van der Waals surface area contributed by atoms with Gasteiger partial charge >= 0.3 is 0 Å². The van der Waals surface area contributed by atoms with Crippen molar-refractivity contribution in [1.29, 1.82) is 0 Å². The van der Waals surface area contributed by atoms with Crippen LogP contribution in [0.3, 0.4) is 0 Å². The zero-order valence-electron chi connectivity index (χ0n) is 19.1. The van der Waals surface area contributed by atoms with Gasteiger partial charge in [0.1, 0.15) is 16.4 Å². The maximum Gasteiger partial charge on any atom is 0.260 e. The van der Waals surface area contributed by atoms with Gasteiger partial charge in [0.25, 0.3) is 5.56 Å². The van der Waals surface area contributed by atoms with Crippen LogP contribution in [0, 0.1) is 0 Å². The van der Waals surface area contributed by atoms with Gasteiger partial charge in [-0.15, -0.1) is 35.1 Å². The molecule has 0 aliphatic carbocycles. The molecule has 5 rings (SSSR count). The minimum absolute atomic E-state index is 0. The van der Waals surface area contributed by atoms with E-state index in [1.165, 1.54) is 11.3 Å². The molecule has 0 atom stereocenters. The number of rotatable bonds is 6. The average molecular weight is 529 g/mol. The molecular weight excluding hydrogens is 504 g/mol. The lowest BCUT2D eigenvalue weighted by atomic mass is 10.2. The number of hydrogen-bond donors (Lipinski definition) is 1. The van der Waals surface area contributed by atoms with E-state index in [0.29, 0.717) is 30.8 Å². The number of nitrogens with zero attached hydrogens (tertiary/aromatic N) is 3. The number of benzene rings is 1. The molecule has 0 spiro atoms. The molecule has 1 saturated heterocycles. The Morgan fingerprint density at radius 1 is 1.17 bits per heavy atom. The molecule has 0 bridgehead atoms. The molecule has 1 aliphatic rings. The minimum atomic E-state index is -0.0962. The topological polar surface area (TPSA) is 78.5 Å². The number of thiophene rings is 2. The first-order chi connectivity index (χ1) is 16.6. The van der Waals surface area contributed by atoms with Gasteiger partial charge in [-0.3, -0.25) is 14.5 Å². The molecule has 4 heterocycles. The van der Waals surface area contributed by atoms with Crippen molar-refractivity contribution in [2.45, 2.75) is 6.54 Å². The Morgan fingerprint density at radius 2 is 2.00 bits per heavy atom. The van der Waals surface area contributed by atoms with Crippen LogP contribution in [0.5, 0.6) is 5.75 Å². The molecule has 3 aromatic heterocycles. The fourth-order valence-electron chi connectivity index (χ4n) is 4.04. The van der Waals surface area contributed by atoms with Crippen molar-refractivity contribution in [2.75, 3.05) is 33.3 Å². The number of piperazine rings is 1. The third-order valence-electron chi connectivity index (χ3n) is 5.85. The van der Waals surface area contributed by atoms with Crippen molar-refractivity contribution in [1.82, 2.24) is 19.8 Å². The molecule has 10 heteroatoms. The summed E-state index contributed by atoms with van der Waals surface area (Å²) in [6.45, 7) is 3.28. The van der Waals surface area contributed by atoms with Crippen molar-refractivity contribution in [2.24, 2.45) is 0 Å². The van der Waals surface area contributed by atoms with E-state index in [0.717, 1.165) is 39.7 Å². The van der Waals surface area contributed by atoms with E-state index in [2.05, 4.69) is 9.88 Å². The van der Waals surface area contributed by atoms with Gasteiger partial charge in [0.15, 0.2) is 0 Å². The fraction of sp³-hybridized carbons (Fsp3) is 0.240.